The Kier molecular flexibility index (Phi) is 6.56. The van der Waals surface area contributed by atoms with E-state index < -0.39 is 0 Å². The molecule has 112 valence electrons. The van der Waals surface area contributed by atoms with Crippen molar-refractivity contribution in [1.82, 2.24) is 0 Å². The minimum absolute atomic E-state index is 0.0954. The van der Waals surface area contributed by atoms with Gasteiger partial charge in [-0.2, -0.15) is 0 Å². The van der Waals surface area contributed by atoms with E-state index in [-0.39, 0.29) is 11.6 Å². The van der Waals surface area contributed by atoms with E-state index in [0.29, 0.717) is 6.42 Å². The van der Waals surface area contributed by atoms with Crippen molar-refractivity contribution in [1.29, 1.82) is 0 Å². The van der Waals surface area contributed by atoms with Gasteiger partial charge in [0.1, 0.15) is 11.4 Å². The first-order chi connectivity index (χ1) is 9.40. The van der Waals surface area contributed by atoms with Gasteiger partial charge in [-0.3, -0.25) is 4.79 Å². The summed E-state index contributed by atoms with van der Waals surface area (Å²) in [6.45, 7) is 5.69. The summed E-state index contributed by atoms with van der Waals surface area (Å²) in [4.78, 5) is 11.5. The monoisotopic (exact) mass is 278 g/mol. The highest BCUT2D eigenvalue weighted by Crippen LogP contribution is 2.15. The molecule has 1 aromatic carbocycles. The van der Waals surface area contributed by atoms with E-state index >= 15 is 0 Å². The van der Waals surface area contributed by atoms with Crippen molar-refractivity contribution in [2.24, 2.45) is 0 Å². The molecule has 0 aliphatic carbocycles. The molecule has 3 nitrogen and oxygen atoms in total. The highest BCUT2D eigenvalue weighted by atomic mass is 16.6. The Morgan fingerprint density at radius 1 is 1.05 bits per heavy atom. The number of carbonyl (C=O) groups is 1. The van der Waals surface area contributed by atoms with Crippen LogP contribution in [0, 0.1) is 0 Å². The Morgan fingerprint density at radius 3 is 2.25 bits per heavy atom. The highest BCUT2D eigenvalue weighted by molar-refractivity contribution is 5.69. The topological polar surface area (TPSA) is 35.5 Å². The zero-order chi connectivity index (χ0) is 15.0. The van der Waals surface area contributed by atoms with Crippen LogP contribution in [0.3, 0.4) is 0 Å². The van der Waals surface area contributed by atoms with Crippen LogP contribution in [0.4, 0.5) is 0 Å². The van der Waals surface area contributed by atoms with E-state index in [9.17, 15) is 4.79 Å². The number of carbonyl (C=O) groups excluding carboxylic acids is 1. The molecule has 0 heterocycles. The maximum Gasteiger partial charge on any atom is 0.306 e. The lowest BCUT2D eigenvalue weighted by atomic mass is 10.1. The van der Waals surface area contributed by atoms with Crippen LogP contribution < -0.4 is 4.74 Å². The SMILES string of the molecule is COc1ccc(CCCCCC(=O)OC(C)(C)C)cc1. The zero-order valence-corrected chi connectivity index (χ0v) is 13.1. The molecular formula is C17H26O3. The molecule has 0 atom stereocenters. The molecule has 1 rings (SSSR count). The van der Waals surface area contributed by atoms with Gasteiger partial charge in [-0.05, 0) is 57.7 Å². The summed E-state index contributed by atoms with van der Waals surface area (Å²) in [5.74, 6) is 0.792. The molecule has 20 heavy (non-hydrogen) atoms. The summed E-state index contributed by atoms with van der Waals surface area (Å²) in [7, 11) is 1.67. The van der Waals surface area contributed by atoms with Gasteiger partial charge in [0.2, 0.25) is 0 Å². The fourth-order valence-electron chi connectivity index (χ4n) is 1.96. The standard InChI is InChI=1S/C17H26O3/c1-17(2,3)20-16(18)9-7-5-6-8-14-10-12-15(19-4)13-11-14/h10-13H,5-9H2,1-4H3. The predicted molar refractivity (Wildman–Crippen MR) is 81.0 cm³/mol. The van der Waals surface area contributed by atoms with Crippen LogP contribution in [-0.2, 0) is 16.0 Å². The largest absolute Gasteiger partial charge is 0.497 e. The third-order valence-electron chi connectivity index (χ3n) is 2.93. The van der Waals surface area contributed by atoms with E-state index in [1.807, 2.05) is 32.9 Å². The molecule has 0 saturated heterocycles. The van der Waals surface area contributed by atoms with Crippen LogP contribution >= 0.6 is 0 Å². The Balaban J connectivity index is 2.14. The van der Waals surface area contributed by atoms with Crippen molar-refractivity contribution in [2.75, 3.05) is 7.11 Å². The maximum atomic E-state index is 11.5. The van der Waals surface area contributed by atoms with Crippen LogP contribution in [-0.4, -0.2) is 18.7 Å². The van der Waals surface area contributed by atoms with Crippen LogP contribution in [0.25, 0.3) is 0 Å². The minimum atomic E-state index is -0.375. The molecule has 0 radical (unpaired) electrons. The van der Waals surface area contributed by atoms with Gasteiger partial charge in [-0.15, -0.1) is 0 Å². The van der Waals surface area contributed by atoms with Crippen LogP contribution in [0.1, 0.15) is 52.0 Å². The van der Waals surface area contributed by atoms with Crippen molar-refractivity contribution >= 4 is 5.97 Å². The van der Waals surface area contributed by atoms with Crippen LogP contribution in [0.2, 0.25) is 0 Å². The molecule has 0 aliphatic rings. The summed E-state index contributed by atoms with van der Waals surface area (Å²) < 4.78 is 10.4. The fourth-order valence-corrected chi connectivity index (χ4v) is 1.96. The molecule has 0 amide bonds. The number of ether oxygens (including phenoxy) is 2. The number of hydrogen-bond acceptors (Lipinski definition) is 3. The Bertz CT molecular complexity index is 401. The summed E-state index contributed by atoms with van der Waals surface area (Å²) in [5.41, 5.74) is 0.934. The normalized spacial score (nSPS) is 11.2. The number of methoxy groups -OCH3 is 1. The average Bonchev–Trinajstić information content (AvgIpc) is 2.37. The molecule has 0 bridgehead atoms. The molecule has 0 aliphatic heterocycles. The lowest BCUT2D eigenvalue weighted by Crippen LogP contribution is -2.23. The van der Waals surface area contributed by atoms with Crippen LogP contribution in [0.15, 0.2) is 24.3 Å². The number of aryl methyl sites for hydroxylation is 1. The van der Waals surface area contributed by atoms with Gasteiger partial charge in [0.05, 0.1) is 7.11 Å². The van der Waals surface area contributed by atoms with Crippen LogP contribution in [0.5, 0.6) is 5.75 Å². The number of unbranched alkanes of at least 4 members (excludes halogenated alkanes) is 2. The molecule has 0 aromatic heterocycles. The molecule has 3 heteroatoms. The summed E-state index contributed by atoms with van der Waals surface area (Å²) >= 11 is 0. The smallest absolute Gasteiger partial charge is 0.306 e. The second-order valence-electron chi connectivity index (χ2n) is 6.00. The maximum absolute atomic E-state index is 11.5. The first-order valence-electron chi connectivity index (χ1n) is 7.25. The third-order valence-corrected chi connectivity index (χ3v) is 2.93. The fraction of sp³-hybridized carbons (Fsp3) is 0.588. The van der Waals surface area contributed by atoms with Gasteiger partial charge in [0.15, 0.2) is 0 Å². The number of rotatable bonds is 7. The van der Waals surface area contributed by atoms with Crippen molar-refractivity contribution in [2.45, 2.75) is 58.5 Å². The molecule has 0 spiro atoms. The molecular weight excluding hydrogens is 252 g/mol. The Morgan fingerprint density at radius 2 is 1.70 bits per heavy atom. The van der Waals surface area contributed by atoms with Gasteiger partial charge < -0.3 is 9.47 Å². The number of hydrogen-bond donors (Lipinski definition) is 0. The lowest BCUT2D eigenvalue weighted by Gasteiger charge is -2.19. The molecule has 0 N–H and O–H groups in total. The molecule has 0 fully saturated rings. The predicted octanol–water partition coefficient (Wildman–Crippen LogP) is 4.14. The lowest BCUT2D eigenvalue weighted by molar-refractivity contribution is -0.154. The second-order valence-corrected chi connectivity index (χ2v) is 6.00. The Hall–Kier alpha value is -1.51. The number of esters is 1. The Labute approximate surface area is 122 Å². The van der Waals surface area contributed by atoms with E-state index in [1.165, 1.54) is 5.56 Å². The molecule has 0 saturated carbocycles. The summed E-state index contributed by atoms with van der Waals surface area (Å²) in [5, 5.41) is 0. The van der Waals surface area contributed by atoms with Gasteiger partial charge in [0.25, 0.3) is 0 Å². The third kappa shape index (κ3) is 7.17. The summed E-state index contributed by atoms with van der Waals surface area (Å²) in [6, 6.07) is 8.14. The average molecular weight is 278 g/mol. The van der Waals surface area contributed by atoms with Crippen molar-refractivity contribution in [3.8, 4) is 5.75 Å². The van der Waals surface area contributed by atoms with Crippen molar-refractivity contribution in [3.05, 3.63) is 29.8 Å². The molecule has 0 unspecified atom stereocenters. The van der Waals surface area contributed by atoms with E-state index in [4.69, 9.17) is 9.47 Å². The quantitative estimate of drug-likeness (QED) is 0.555. The summed E-state index contributed by atoms with van der Waals surface area (Å²) in [6.07, 6.45) is 4.59. The first-order valence-corrected chi connectivity index (χ1v) is 7.25. The zero-order valence-electron chi connectivity index (χ0n) is 13.1. The van der Waals surface area contributed by atoms with Crippen molar-refractivity contribution < 1.29 is 14.3 Å². The number of benzene rings is 1. The van der Waals surface area contributed by atoms with Gasteiger partial charge in [-0.1, -0.05) is 18.6 Å². The van der Waals surface area contributed by atoms with E-state index in [1.54, 1.807) is 7.11 Å². The van der Waals surface area contributed by atoms with Crippen molar-refractivity contribution in [3.63, 3.8) is 0 Å². The highest BCUT2D eigenvalue weighted by Gasteiger charge is 2.15. The van der Waals surface area contributed by atoms with Gasteiger partial charge in [-0.25, -0.2) is 0 Å². The van der Waals surface area contributed by atoms with E-state index in [0.717, 1.165) is 31.4 Å². The minimum Gasteiger partial charge on any atom is -0.497 e. The second kappa shape index (κ2) is 7.93. The first kappa shape index (κ1) is 16.5. The van der Waals surface area contributed by atoms with E-state index in [2.05, 4.69) is 12.1 Å². The molecule has 1 aromatic rings. The van der Waals surface area contributed by atoms with Gasteiger partial charge in [0, 0.05) is 6.42 Å². The van der Waals surface area contributed by atoms with Gasteiger partial charge >= 0.3 is 5.97 Å².